The summed E-state index contributed by atoms with van der Waals surface area (Å²) in [5.41, 5.74) is 4.78. The molecule has 4 heterocycles. The molecule has 18 heteroatoms. The molecule has 0 aliphatic heterocycles. The van der Waals surface area contributed by atoms with Crippen molar-refractivity contribution in [3.05, 3.63) is 303 Å². The minimum absolute atomic E-state index is 0.0207. The molecule has 0 unspecified atom stereocenters. The third kappa shape index (κ3) is 17.1. The minimum Gasteiger partial charge on any atom is -0.494 e. The van der Waals surface area contributed by atoms with E-state index in [0.717, 1.165) is 207 Å². The second-order valence-electron chi connectivity index (χ2n) is 31.2. The quantitative estimate of drug-likeness (QED) is 0.0122. The Morgan fingerprint density at radius 1 is 0.383 bits per heavy atom. The van der Waals surface area contributed by atoms with E-state index in [-0.39, 0.29) is 44.5 Å². The third-order valence-electron chi connectivity index (χ3n) is 23.3. The average Bonchev–Trinajstić information content (AvgIpc) is 1.48. The molecular weight excluding hydrogens is 1580 g/mol. The highest BCUT2D eigenvalue weighted by atomic mass is 32.1. The monoisotopic (exact) mass is 1680 g/mol. The number of hydrogen-bond acceptors (Lipinski definition) is 12. The molecule has 10 nitrogen and oxygen atoms in total. The van der Waals surface area contributed by atoms with E-state index in [4.69, 9.17) is 32.1 Å². The Kier molecular flexibility index (Phi) is 28.1. The zero-order valence-corrected chi connectivity index (χ0v) is 71.6. The summed E-state index contributed by atoms with van der Waals surface area (Å²) in [6, 6.07) is 45.9. The van der Waals surface area contributed by atoms with Gasteiger partial charge in [-0.1, -0.05) is 229 Å². The molecule has 14 rings (SSSR count). The molecule has 4 aliphatic rings. The number of benzene rings is 6. The van der Waals surface area contributed by atoms with E-state index in [9.17, 15) is 28.9 Å². The van der Waals surface area contributed by atoms with Crippen LogP contribution in [0.3, 0.4) is 0 Å². The number of thiophene rings is 4. The first-order valence-corrected chi connectivity index (χ1v) is 45.7. The van der Waals surface area contributed by atoms with Crippen LogP contribution in [0, 0.1) is 59.1 Å². The van der Waals surface area contributed by atoms with Crippen molar-refractivity contribution in [2.45, 2.75) is 193 Å². The van der Waals surface area contributed by atoms with Crippen molar-refractivity contribution in [2.75, 3.05) is 26.4 Å². The predicted octanol–water partition coefficient (Wildman–Crippen LogP) is 29.3. The van der Waals surface area contributed by atoms with Gasteiger partial charge in [0.1, 0.15) is 23.0 Å². The summed E-state index contributed by atoms with van der Waals surface area (Å²) in [5, 5.41) is 20.5. The molecule has 0 N–H and O–H groups in total. The van der Waals surface area contributed by atoms with Gasteiger partial charge >= 0.3 is 0 Å². The summed E-state index contributed by atoms with van der Waals surface area (Å²) in [6.07, 6.45) is 37.1. The first-order chi connectivity index (χ1) is 58.7. The fourth-order valence-electron chi connectivity index (χ4n) is 17.4. The van der Waals surface area contributed by atoms with Crippen molar-refractivity contribution in [3.8, 4) is 54.6 Å². The molecule has 4 aliphatic carbocycles. The molecule has 0 radical (unpaired) electrons. The number of fused-ring (bicyclic) bond motifs is 11. The maximum absolute atomic E-state index is 15.1. The maximum atomic E-state index is 15.1. The van der Waals surface area contributed by atoms with E-state index in [1.54, 1.807) is 57.5 Å². The van der Waals surface area contributed by atoms with Gasteiger partial charge < -0.3 is 18.9 Å². The molecule has 0 saturated heterocycles. The van der Waals surface area contributed by atoms with E-state index in [0.29, 0.717) is 26.4 Å². The summed E-state index contributed by atoms with van der Waals surface area (Å²) >= 11 is 6.73. The summed E-state index contributed by atoms with van der Waals surface area (Å²) in [4.78, 5) is 41.3. The first-order valence-electron chi connectivity index (χ1n) is 42.4. The lowest BCUT2D eigenvalue weighted by atomic mass is 9.67. The number of rotatable bonds is 40. The lowest BCUT2D eigenvalue weighted by molar-refractivity contribution is 0.103. The molecule has 10 aromatic rings. The zero-order valence-electron chi connectivity index (χ0n) is 68.3. The number of nitrogens with zero attached hydrogens (tertiary/aromatic N) is 4. The number of Topliss-reactive ketones (excluding diaryl/α,β-unsaturated/α-hetero) is 2. The number of ether oxygens (including phenoxy) is 4. The van der Waals surface area contributed by atoms with Gasteiger partial charge in [-0.25, -0.2) is 37.8 Å². The average molecular weight is 1680 g/mol. The van der Waals surface area contributed by atoms with Crippen LogP contribution in [0.4, 0.5) is 17.6 Å². The molecule has 0 amide bonds. The largest absolute Gasteiger partial charge is 0.494 e. The Labute approximate surface area is 717 Å². The molecule has 0 saturated carbocycles. The van der Waals surface area contributed by atoms with E-state index in [1.165, 1.54) is 89.2 Å². The fourth-order valence-corrected chi connectivity index (χ4v) is 23.0. The van der Waals surface area contributed by atoms with Gasteiger partial charge in [0, 0.05) is 54.3 Å². The van der Waals surface area contributed by atoms with Crippen LogP contribution in [0.25, 0.3) is 61.9 Å². The molecule has 0 bridgehead atoms. The second kappa shape index (κ2) is 39.5. The van der Waals surface area contributed by atoms with E-state index in [2.05, 4.69) is 147 Å². The highest BCUT2D eigenvalue weighted by molar-refractivity contribution is 7.34. The van der Waals surface area contributed by atoms with Crippen LogP contribution in [0.15, 0.2) is 180 Å². The van der Waals surface area contributed by atoms with Crippen molar-refractivity contribution < 1.29 is 46.1 Å². The van der Waals surface area contributed by atoms with Gasteiger partial charge in [0.25, 0.3) is 11.4 Å². The summed E-state index contributed by atoms with van der Waals surface area (Å²) in [5.74, 6) is -3.13. The Morgan fingerprint density at radius 3 is 0.933 bits per heavy atom. The van der Waals surface area contributed by atoms with Gasteiger partial charge in [-0.2, -0.15) is 0 Å². The number of carbonyl (C=O) groups is 2. The fraction of sp³-hybridized carbons (Fsp3) is 0.333. The van der Waals surface area contributed by atoms with Gasteiger partial charge in [-0.05, 0) is 167 Å². The second-order valence-corrected chi connectivity index (χ2v) is 35.4. The smallest absolute Gasteiger partial charge is 0.270 e. The van der Waals surface area contributed by atoms with Gasteiger partial charge in [0.2, 0.25) is 0 Å². The molecule has 4 aromatic heterocycles. The molecule has 0 fully saturated rings. The van der Waals surface area contributed by atoms with E-state index in [1.807, 2.05) is 24.3 Å². The zero-order chi connectivity index (χ0) is 83.9. The first kappa shape index (κ1) is 85.5. The molecule has 0 atom stereocenters. The highest BCUT2D eigenvalue weighted by Gasteiger charge is 2.55. The van der Waals surface area contributed by atoms with Gasteiger partial charge in [0.15, 0.2) is 34.8 Å². The lowest BCUT2D eigenvalue weighted by Crippen LogP contribution is -2.28. The Bertz CT molecular complexity index is 5330. The van der Waals surface area contributed by atoms with Crippen LogP contribution in [0.5, 0.6) is 23.0 Å². The highest BCUT2D eigenvalue weighted by Crippen LogP contribution is 2.70. The Hall–Kier alpha value is -11.0. The predicted molar refractivity (Wildman–Crippen MR) is 479 cm³/mol. The van der Waals surface area contributed by atoms with Crippen molar-refractivity contribution in [2.24, 2.45) is 0 Å². The molecule has 6 aromatic carbocycles. The normalized spacial score (nSPS) is 15.4. The lowest BCUT2D eigenvalue weighted by Gasteiger charge is -2.34. The molecule has 120 heavy (non-hydrogen) atoms. The van der Waals surface area contributed by atoms with Crippen LogP contribution >= 0.6 is 45.3 Å². The summed E-state index contributed by atoms with van der Waals surface area (Å²) < 4.78 is 88.5. The van der Waals surface area contributed by atoms with Crippen LogP contribution in [-0.2, 0) is 10.8 Å². The third-order valence-corrected chi connectivity index (χ3v) is 28.4. The Balaban J connectivity index is 0.982. The van der Waals surface area contributed by atoms with Crippen molar-refractivity contribution in [1.29, 1.82) is 10.5 Å². The molecule has 0 spiro atoms. The Morgan fingerprint density at radius 2 is 0.658 bits per heavy atom. The SMILES string of the molecule is [C-]#[N+]\C(C#N)=C1/C(=C/C=C/c2cc3c(s2)-c2sc4c5c(sc4c2C3(c2ccc(OCCCCCCCC)cc2)c2ccc(OCCCCCCCC)cc2)-c2sc(/C=C/C=C3\C(=O)c4cc(F)c(F)cc4\C3=C(\C#N)[N+]#[C-])cc2C5(c2ccc(OCCCCCCCC)cc2)c2ccc(OCCCCCCCC)cc2)C(=O)c2cc(F)c(F)cc21. The standard InChI is InChI=1S/C102H96F4N4O6S4/c1-7-11-15-19-23-27-53-113-69-45-37-65(38-46-69)101(66-39-47-70(48-40-66)114-54-28-24-20-16-12-8-2)81-57-73(33-31-35-75-89(87(63-107)109-5)77-59-83(103)85(105)61-79(77)93(75)111)117-95(81)97-91(101)99-100(119-97)92-98(120-99)96-82(58-74(118-96)34-32-36-76-90(88(64-108)110-6)78-60-84(104)86(106)62-80(78)94(76)112)102(92,67-41-49-71(50-42-67)115-55-29-25-21-17-13-9-3)68-43-51-72(52-44-68)116-56-30-26-22-18-14-10-4/h31-52,57-62H,7-30,53-56H2,1-4H3/b33-31+,34-32+,75-35-,76-36-,89-87-,90-88+. The van der Waals surface area contributed by atoms with E-state index < -0.39 is 57.1 Å². The van der Waals surface area contributed by atoms with Crippen LogP contribution in [-0.4, -0.2) is 38.0 Å². The number of allylic oxidation sites excluding steroid dienone is 10. The number of ketones is 2. The van der Waals surface area contributed by atoms with Crippen LogP contribution < -0.4 is 18.9 Å². The maximum Gasteiger partial charge on any atom is 0.270 e. The molecular formula is C102H96F4N4O6S4. The van der Waals surface area contributed by atoms with Gasteiger partial charge in [0.05, 0.1) is 91.4 Å². The summed E-state index contributed by atoms with van der Waals surface area (Å²) in [7, 11) is 0. The topological polar surface area (TPSA) is 127 Å². The number of halogens is 4. The van der Waals surface area contributed by atoms with Crippen molar-refractivity contribution in [3.63, 3.8) is 0 Å². The van der Waals surface area contributed by atoms with Crippen molar-refractivity contribution in [1.82, 2.24) is 0 Å². The van der Waals surface area contributed by atoms with Gasteiger partial charge in [-0.3, -0.25) is 9.59 Å². The summed E-state index contributed by atoms with van der Waals surface area (Å²) in [6.45, 7) is 27.1. The van der Waals surface area contributed by atoms with Crippen LogP contribution in [0.1, 0.15) is 268 Å². The van der Waals surface area contributed by atoms with Gasteiger partial charge in [-0.15, -0.1) is 45.3 Å². The van der Waals surface area contributed by atoms with Crippen LogP contribution in [0.2, 0.25) is 0 Å². The van der Waals surface area contributed by atoms with Crippen molar-refractivity contribution >= 4 is 89.6 Å². The number of hydrogen-bond donors (Lipinski definition) is 0. The molecule has 612 valence electrons. The number of unbranched alkanes of at least 4 members (excludes halogenated alkanes) is 20. The van der Waals surface area contributed by atoms with E-state index >= 15 is 8.78 Å². The number of carbonyl (C=O) groups excluding carboxylic acids is 2. The number of nitriles is 2. The minimum atomic E-state index is -1.22.